The fraction of sp³-hybridized carbons (Fsp3) is 0.815. The van der Waals surface area contributed by atoms with Gasteiger partial charge in [0, 0.05) is 62.3 Å². The van der Waals surface area contributed by atoms with Gasteiger partial charge < -0.3 is 103 Å². The molecule has 2 fully saturated rings. The zero-order valence-electron chi connectivity index (χ0n) is 47.1. The molecule has 80 heavy (non-hydrogen) atoms. The lowest BCUT2D eigenvalue weighted by Crippen LogP contribution is -2.36. The van der Waals surface area contributed by atoms with E-state index in [1.807, 2.05) is 11.8 Å². The monoisotopic (exact) mass is 1170 g/mol. The number of hydrogen-bond donors (Lipinski definition) is 6. The largest absolute Gasteiger partial charge is 0.508 e. The first-order valence-corrected chi connectivity index (χ1v) is 29.4. The van der Waals surface area contributed by atoms with Crippen molar-refractivity contribution in [1.82, 2.24) is 26.6 Å². The molecule has 1 aromatic rings. The van der Waals surface area contributed by atoms with Gasteiger partial charge in [0.1, 0.15) is 5.75 Å². The maximum absolute atomic E-state index is 12.1. The van der Waals surface area contributed by atoms with E-state index >= 15 is 0 Å². The molecule has 0 spiro atoms. The number of carbonyl (C=O) groups excluding carboxylic acids is 4. The molecular weight excluding hydrogens is 1070 g/mol. The van der Waals surface area contributed by atoms with Crippen molar-refractivity contribution in [2.24, 2.45) is 0 Å². The highest BCUT2D eigenvalue weighted by Gasteiger charge is 2.42. The Morgan fingerprint density at radius 1 is 0.450 bits per heavy atom. The molecule has 3 rings (SSSR count). The third-order valence-corrected chi connectivity index (χ3v) is 13.1. The topological polar surface area (TPSA) is 287 Å². The van der Waals surface area contributed by atoms with Crippen molar-refractivity contribution < 1.29 is 95.3 Å². The number of rotatable bonds is 59. The molecule has 2 aliphatic heterocycles. The number of ether oxygens (including phenoxy) is 15. The van der Waals surface area contributed by atoms with Crippen LogP contribution in [0.15, 0.2) is 24.3 Å². The van der Waals surface area contributed by atoms with Gasteiger partial charge in [0.15, 0.2) is 0 Å². The third kappa shape index (κ3) is 41.4. The van der Waals surface area contributed by atoms with E-state index < -0.39 is 0 Å². The fourth-order valence-corrected chi connectivity index (χ4v) is 9.01. The number of hydrogen-bond acceptors (Lipinski definition) is 21. The van der Waals surface area contributed by atoms with Crippen molar-refractivity contribution in [3.63, 3.8) is 0 Å². The van der Waals surface area contributed by atoms with Crippen LogP contribution in [0.3, 0.4) is 0 Å². The Kier molecular flexibility index (Phi) is 46.2. The van der Waals surface area contributed by atoms with Gasteiger partial charge in [-0.25, -0.2) is 4.79 Å². The minimum Gasteiger partial charge on any atom is -0.508 e. The Hall–Kier alpha value is -3.55. The summed E-state index contributed by atoms with van der Waals surface area (Å²) in [6, 6.07) is 6.59. The van der Waals surface area contributed by atoms with Crippen LogP contribution in [-0.4, -0.2) is 270 Å². The Balaban J connectivity index is 0.867. The number of phenolic OH excluding ortho intramolecular Hbond substituents is 1. The predicted molar refractivity (Wildman–Crippen MR) is 297 cm³/mol. The van der Waals surface area contributed by atoms with Crippen LogP contribution < -0.4 is 26.6 Å². The van der Waals surface area contributed by atoms with Crippen LogP contribution in [0.2, 0.25) is 0 Å². The quantitative estimate of drug-likeness (QED) is 0.0398. The molecule has 5 amide bonds. The molecule has 2 aliphatic rings. The van der Waals surface area contributed by atoms with E-state index in [0.29, 0.717) is 248 Å². The summed E-state index contributed by atoms with van der Waals surface area (Å²) < 4.78 is 82.7. The lowest BCUT2D eigenvalue weighted by Gasteiger charge is -2.16. The number of phenols is 1. The molecule has 0 bridgehead atoms. The Morgan fingerprint density at radius 3 is 1.29 bits per heavy atom. The summed E-state index contributed by atoms with van der Waals surface area (Å²) in [5, 5.41) is 24.4. The van der Waals surface area contributed by atoms with Crippen LogP contribution in [-0.2, 0) is 80.6 Å². The number of benzene rings is 1. The minimum absolute atomic E-state index is 0.0353. The summed E-state index contributed by atoms with van der Waals surface area (Å²) in [7, 11) is 0. The number of carbonyl (C=O) groups is 4. The van der Waals surface area contributed by atoms with Gasteiger partial charge in [-0.05, 0) is 43.9 Å². The number of unbranched alkanes of at least 4 members (excludes halogenated alkanes) is 1. The average molecular weight is 1170 g/mol. The summed E-state index contributed by atoms with van der Waals surface area (Å²) in [5.74, 6) is 0.731. The van der Waals surface area contributed by atoms with Gasteiger partial charge in [-0.1, -0.05) is 12.5 Å². The van der Waals surface area contributed by atoms with Crippen LogP contribution in [0.5, 0.6) is 5.75 Å². The minimum atomic E-state index is -0.236. The van der Waals surface area contributed by atoms with Gasteiger partial charge in [0.2, 0.25) is 11.8 Å². The van der Waals surface area contributed by atoms with Crippen LogP contribution in [0.4, 0.5) is 4.79 Å². The van der Waals surface area contributed by atoms with E-state index in [9.17, 15) is 24.3 Å². The summed E-state index contributed by atoms with van der Waals surface area (Å²) in [6.07, 6.45) is 4.93. The maximum atomic E-state index is 12.1. The highest BCUT2D eigenvalue weighted by Crippen LogP contribution is 2.33. The molecular formula is C54H95N5O20S. The van der Waals surface area contributed by atoms with E-state index in [0.717, 1.165) is 25.0 Å². The van der Waals surface area contributed by atoms with E-state index in [-0.39, 0.29) is 48.0 Å². The van der Waals surface area contributed by atoms with Gasteiger partial charge in [-0.15, -0.1) is 0 Å². The van der Waals surface area contributed by atoms with Crippen LogP contribution >= 0.6 is 11.8 Å². The summed E-state index contributed by atoms with van der Waals surface area (Å²) in [5.41, 5.74) is 0.414. The van der Waals surface area contributed by atoms with Gasteiger partial charge >= 0.3 is 6.03 Å². The number of fused-ring (bicyclic) bond motifs is 1. The second kappa shape index (κ2) is 52.3. The third-order valence-electron chi connectivity index (χ3n) is 11.6. The second-order valence-corrected chi connectivity index (χ2v) is 19.3. The molecule has 3 unspecified atom stereocenters. The van der Waals surface area contributed by atoms with Gasteiger partial charge in [-0.3, -0.25) is 14.4 Å². The standard InChI is InChI=1S/C54H95N5O20S/c60-47-7-3-6-46(44-47)53(63)57-12-5-15-66-19-23-69-22-18-65-14-4-11-55-51(62)10-16-67-20-24-70-26-28-72-30-32-74-34-36-76-38-40-78-42-43-79-41-39-77-37-35-75-33-31-73-29-27-71-25-21-68-17-13-56-50(61)9-2-1-8-49-52-48(45-80-49)58-54(64)59-52/h3,6-7,44,48-49,52,60H,1-2,4-5,8-43,45H2,(H,55,62)(H,56,61)(H,57,63)(H2,58,59,64). The normalized spacial score (nSPS) is 15.7. The molecule has 0 radical (unpaired) electrons. The second-order valence-electron chi connectivity index (χ2n) is 18.0. The number of nitrogens with one attached hydrogen (secondary N) is 5. The summed E-state index contributed by atoms with van der Waals surface area (Å²) in [6.45, 7) is 15.1. The summed E-state index contributed by atoms with van der Waals surface area (Å²) in [4.78, 5) is 47.6. The average Bonchev–Trinajstić information content (AvgIpc) is 4.07. The highest BCUT2D eigenvalue weighted by molar-refractivity contribution is 8.00. The van der Waals surface area contributed by atoms with Crippen molar-refractivity contribution in [1.29, 1.82) is 0 Å². The first-order chi connectivity index (χ1) is 39.4. The molecule has 3 atom stereocenters. The van der Waals surface area contributed by atoms with Crippen LogP contribution in [0, 0.1) is 0 Å². The van der Waals surface area contributed by atoms with Crippen LogP contribution in [0.1, 0.15) is 55.3 Å². The maximum Gasteiger partial charge on any atom is 0.315 e. The molecule has 26 heteroatoms. The molecule has 2 saturated heterocycles. The number of amides is 5. The van der Waals surface area contributed by atoms with Crippen molar-refractivity contribution >= 4 is 35.5 Å². The highest BCUT2D eigenvalue weighted by atomic mass is 32.2. The molecule has 25 nitrogen and oxygen atoms in total. The number of thioether (sulfide) groups is 1. The molecule has 0 saturated carbocycles. The molecule has 462 valence electrons. The predicted octanol–water partition coefficient (Wildman–Crippen LogP) is 1.50. The number of urea groups is 1. The molecule has 6 N–H and O–H groups in total. The van der Waals surface area contributed by atoms with Crippen LogP contribution in [0.25, 0.3) is 0 Å². The van der Waals surface area contributed by atoms with Gasteiger partial charge in [0.05, 0.1) is 197 Å². The molecule has 0 aliphatic carbocycles. The first-order valence-electron chi connectivity index (χ1n) is 28.4. The molecule has 0 aromatic heterocycles. The van der Waals surface area contributed by atoms with Crippen molar-refractivity contribution in [2.45, 2.75) is 62.3 Å². The summed E-state index contributed by atoms with van der Waals surface area (Å²) >= 11 is 1.90. The Morgan fingerprint density at radius 2 is 0.838 bits per heavy atom. The van der Waals surface area contributed by atoms with Gasteiger partial charge in [0.25, 0.3) is 5.91 Å². The van der Waals surface area contributed by atoms with E-state index in [4.69, 9.17) is 71.1 Å². The van der Waals surface area contributed by atoms with Crippen molar-refractivity contribution in [3.05, 3.63) is 29.8 Å². The Labute approximate surface area is 477 Å². The van der Waals surface area contributed by atoms with Gasteiger partial charge in [-0.2, -0.15) is 11.8 Å². The molecule has 2 heterocycles. The zero-order valence-corrected chi connectivity index (χ0v) is 48.0. The lowest BCUT2D eigenvalue weighted by molar-refractivity contribution is -0.122. The molecule has 1 aromatic carbocycles. The first kappa shape index (κ1) is 70.7. The van der Waals surface area contributed by atoms with E-state index in [1.165, 1.54) is 12.1 Å². The Bertz CT molecular complexity index is 1670. The fourth-order valence-electron chi connectivity index (χ4n) is 7.47. The van der Waals surface area contributed by atoms with Crippen molar-refractivity contribution in [3.8, 4) is 5.75 Å². The van der Waals surface area contributed by atoms with E-state index in [2.05, 4.69) is 26.6 Å². The zero-order chi connectivity index (χ0) is 56.9. The van der Waals surface area contributed by atoms with Crippen molar-refractivity contribution in [2.75, 3.05) is 224 Å². The number of aromatic hydroxyl groups is 1. The SMILES string of the molecule is O=C(CCCCC1SCC2NC(=O)NC21)NCCOCCOCCOCCOCCOCCOCCOCCOCCOCCOCCOCCOCCC(=O)NCCCOCCOCCOCCCNC(=O)c1cccc(O)c1. The van der Waals surface area contributed by atoms with E-state index in [1.54, 1.807) is 12.1 Å². The lowest BCUT2D eigenvalue weighted by atomic mass is 10.0. The smallest absolute Gasteiger partial charge is 0.315 e.